The summed E-state index contributed by atoms with van der Waals surface area (Å²) in [6, 6.07) is 19.3. The minimum absolute atomic E-state index is 0.729. The van der Waals surface area contributed by atoms with E-state index in [1.807, 2.05) is 60.7 Å². The van der Waals surface area contributed by atoms with Crippen molar-refractivity contribution in [1.82, 2.24) is 9.78 Å². The summed E-state index contributed by atoms with van der Waals surface area (Å²) < 4.78 is 2.70. The number of aliphatic hydroxyl groups is 1. The summed E-state index contributed by atoms with van der Waals surface area (Å²) >= 11 is 3.45. The smallest absolute Gasteiger partial charge is 0.129 e. The highest BCUT2D eigenvalue weighted by Gasteiger charge is 2.30. The van der Waals surface area contributed by atoms with Gasteiger partial charge in [0, 0.05) is 10.7 Å². The Morgan fingerprint density at radius 3 is 2.52 bits per heavy atom. The standard InChI is InChI=1S/C17H15BrN2O/c1-17(21,13-6-5-7-14(18)12-13)16-10-11-19-20(16)15-8-3-2-4-9-15/h2-12,21H,1H3. The summed E-state index contributed by atoms with van der Waals surface area (Å²) in [7, 11) is 0. The third-order valence-corrected chi connectivity index (χ3v) is 4.02. The van der Waals surface area contributed by atoms with Crippen molar-refractivity contribution in [2.45, 2.75) is 12.5 Å². The van der Waals surface area contributed by atoms with E-state index in [4.69, 9.17) is 0 Å². The van der Waals surface area contributed by atoms with Gasteiger partial charge < -0.3 is 5.11 Å². The van der Waals surface area contributed by atoms with E-state index in [0.29, 0.717) is 0 Å². The highest BCUT2D eigenvalue weighted by Crippen LogP contribution is 2.31. The molecule has 0 amide bonds. The first-order valence-electron chi connectivity index (χ1n) is 6.67. The van der Waals surface area contributed by atoms with Gasteiger partial charge in [-0.25, -0.2) is 4.68 Å². The minimum atomic E-state index is -1.13. The van der Waals surface area contributed by atoms with Gasteiger partial charge in [0.2, 0.25) is 0 Å². The molecule has 21 heavy (non-hydrogen) atoms. The Bertz CT molecular complexity index is 750. The van der Waals surface area contributed by atoms with E-state index in [2.05, 4.69) is 21.0 Å². The SMILES string of the molecule is CC(O)(c1cccc(Br)c1)c1ccnn1-c1ccccc1. The third kappa shape index (κ3) is 2.64. The summed E-state index contributed by atoms with van der Waals surface area (Å²) in [4.78, 5) is 0. The lowest BCUT2D eigenvalue weighted by atomic mass is 9.92. The fourth-order valence-electron chi connectivity index (χ4n) is 2.39. The van der Waals surface area contributed by atoms with Crippen LogP contribution in [0.2, 0.25) is 0 Å². The molecule has 0 spiro atoms. The Morgan fingerprint density at radius 1 is 1.05 bits per heavy atom. The Kier molecular flexibility index (Phi) is 3.66. The lowest BCUT2D eigenvalue weighted by Gasteiger charge is -2.25. The van der Waals surface area contributed by atoms with Crippen molar-refractivity contribution in [2.24, 2.45) is 0 Å². The van der Waals surface area contributed by atoms with E-state index in [1.165, 1.54) is 0 Å². The highest BCUT2D eigenvalue weighted by atomic mass is 79.9. The Balaban J connectivity index is 2.11. The fraction of sp³-hybridized carbons (Fsp3) is 0.118. The quantitative estimate of drug-likeness (QED) is 0.784. The molecule has 2 aromatic carbocycles. The van der Waals surface area contributed by atoms with Crippen LogP contribution in [0.5, 0.6) is 0 Å². The largest absolute Gasteiger partial charge is 0.379 e. The number of hydrogen-bond acceptors (Lipinski definition) is 2. The van der Waals surface area contributed by atoms with Crippen molar-refractivity contribution in [2.75, 3.05) is 0 Å². The van der Waals surface area contributed by atoms with Crippen LogP contribution >= 0.6 is 15.9 Å². The van der Waals surface area contributed by atoms with Gasteiger partial charge in [0.15, 0.2) is 0 Å². The van der Waals surface area contributed by atoms with Gasteiger partial charge in [0.1, 0.15) is 5.60 Å². The van der Waals surface area contributed by atoms with Crippen LogP contribution in [0.25, 0.3) is 5.69 Å². The molecule has 0 fully saturated rings. The second-order valence-electron chi connectivity index (χ2n) is 5.05. The van der Waals surface area contributed by atoms with E-state index in [-0.39, 0.29) is 0 Å². The Morgan fingerprint density at radius 2 is 1.81 bits per heavy atom. The molecule has 0 aliphatic rings. The van der Waals surface area contributed by atoms with Crippen LogP contribution in [0.4, 0.5) is 0 Å². The van der Waals surface area contributed by atoms with E-state index < -0.39 is 5.60 Å². The van der Waals surface area contributed by atoms with Crippen LogP contribution in [0.15, 0.2) is 71.3 Å². The predicted octanol–water partition coefficient (Wildman–Crippen LogP) is 3.89. The van der Waals surface area contributed by atoms with Gasteiger partial charge in [-0.1, -0.05) is 46.3 Å². The van der Waals surface area contributed by atoms with Crippen LogP contribution in [-0.4, -0.2) is 14.9 Å². The maximum Gasteiger partial charge on any atom is 0.129 e. The molecule has 1 aromatic heterocycles. The van der Waals surface area contributed by atoms with Crippen molar-refractivity contribution in [1.29, 1.82) is 0 Å². The molecule has 0 saturated carbocycles. The maximum atomic E-state index is 11.0. The summed E-state index contributed by atoms with van der Waals surface area (Å²) in [5.41, 5.74) is 1.34. The number of halogens is 1. The zero-order valence-corrected chi connectivity index (χ0v) is 13.2. The number of aromatic nitrogens is 2. The molecule has 4 heteroatoms. The van der Waals surface area contributed by atoms with Gasteiger partial charge in [0.25, 0.3) is 0 Å². The molecule has 106 valence electrons. The first-order valence-corrected chi connectivity index (χ1v) is 7.47. The van der Waals surface area contributed by atoms with Crippen molar-refractivity contribution in [3.63, 3.8) is 0 Å². The Hall–Kier alpha value is -1.91. The normalized spacial score (nSPS) is 13.9. The molecule has 1 N–H and O–H groups in total. The lowest BCUT2D eigenvalue weighted by molar-refractivity contribution is 0.0945. The first kappa shape index (κ1) is 14.0. The molecule has 0 bridgehead atoms. The van der Waals surface area contributed by atoms with Gasteiger partial charge in [-0.15, -0.1) is 0 Å². The number of benzene rings is 2. The second-order valence-corrected chi connectivity index (χ2v) is 5.96. The monoisotopic (exact) mass is 342 g/mol. The summed E-state index contributed by atoms with van der Waals surface area (Å²) in [5, 5.41) is 15.4. The molecule has 0 saturated heterocycles. The van der Waals surface area contributed by atoms with Crippen LogP contribution in [0.3, 0.4) is 0 Å². The molecule has 1 unspecified atom stereocenters. The van der Waals surface area contributed by atoms with E-state index in [0.717, 1.165) is 21.4 Å². The highest BCUT2D eigenvalue weighted by molar-refractivity contribution is 9.10. The molecule has 1 heterocycles. The number of nitrogens with zero attached hydrogens (tertiary/aromatic N) is 2. The van der Waals surface area contributed by atoms with Crippen LogP contribution in [0, 0.1) is 0 Å². The van der Waals surface area contributed by atoms with E-state index in [9.17, 15) is 5.11 Å². The molecular formula is C17H15BrN2O. The average Bonchev–Trinajstić information content (AvgIpc) is 2.98. The number of rotatable bonds is 3. The molecule has 0 aliphatic heterocycles. The first-order chi connectivity index (χ1) is 10.1. The maximum absolute atomic E-state index is 11.0. The van der Waals surface area contributed by atoms with Gasteiger partial charge >= 0.3 is 0 Å². The minimum Gasteiger partial charge on any atom is -0.379 e. The van der Waals surface area contributed by atoms with Crippen LogP contribution in [-0.2, 0) is 5.60 Å². The van der Waals surface area contributed by atoms with Crippen LogP contribution < -0.4 is 0 Å². The zero-order valence-electron chi connectivity index (χ0n) is 11.6. The van der Waals surface area contributed by atoms with Crippen molar-refractivity contribution in [3.05, 3.63) is 82.6 Å². The Labute approximate surface area is 132 Å². The molecule has 1 atom stereocenters. The second kappa shape index (κ2) is 5.47. The van der Waals surface area contributed by atoms with Crippen molar-refractivity contribution < 1.29 is 5.11 Å². The predicted molar refractivity (Wildman–Crippen MR) is 86.4 cm³/mol. The molecule has 3 rings (SSSR count). The molecule has 0 aliphatic carbocycles. The number of para-hydroxylation sites is 1. The van der Waals surface area contributed by atoms with Gasteiger partial charge in [0.05, 0.1) is 11.4 Å². The third-order valence-electron chi connectivity index (χ3n) is 3.53. The topological polar surface area (TPSA) is 38.1 Å². The zero-order chi connectivity index (χ0) is 14.9. The summed E-state index contributed by atoms with van der Waals surface area (Å²) in [6.07, 6.45) is 1.70. The molecule has 3 nitrogen and oxygen atoms in total. The summed E-state index contributed by atoms with van der Waals surface area (Å²) in [5.74, 6) is 0. The average molecular weight is 343 g/mol. The lowest BCUT2D eigenvalue weighted by Crippen LogP contribution is -2.26. The van der Waals surface area contributed by atoms with Crippen molar-refractivity contribution in [3.8, 4) is 5.69 Å². The van der Waals surface area contributed by atoms with Crippen LogP contribution in [0.1, 0.15) is 18.2 Å². The molecular weight excluding hydrogens is 328 g/mol. The van der Waals surface area contributed by atoms with Crippen molar-refractivity contribution >= 4 is 15.9 Å². The molecule has 3 aromatic rings. The number of hydrogen-bond donors (Lipinski definition) is 1. The van der Waals surface area contributed by atoms with Gasteiger partial charge in [-0.3, -0.25) is 0 Å². The fourth-order valence-corrected chi connectivity index (χ4v) is 2.79. The summed E-state index contributed by atoms with van der Waals surface area (Å²) in [6.45, 7) is 1.78. The van der Waals surface area contributed by atoms with Gasteiger partial charge in [-0.2, -0.15) is 5.10 Å². The van der Waals surface area contributed by atoms with Gasteiger partial charge in [-0.05, 0) is 42.8 Å². The molecule has 0 radical (unpaired) electrons. The van der Waals surface area contributed by atoms with E-state index in [1.54, 1.807) is 17.8 Å². The van der Waals surface area contributed by atoms with E-state index >= 15 is 0 Å².